The molecule has 1 aromatic carbocycles. The number of rotatable bonds is 3. The standard InChI is InChI=1S/C14H21BO2/c1-12(9-13-7-5-4-6-8-13)15-16-10-14(2,3)11-17-15/h4-8,12H,9-11H2,1-3H3. The first kappa shape index (κ1) is 12.7. The summed E-state index contributed by atoms with van der Waals surface area (Å²) < 4.78 is 11.6. The van der Waals surface area contributed by atoms with E-state index >= 15 is 0 Å². The number of hydrogen-bond acceptors (Lipinski definition) is 2. The van der Waals surface area contributed by atoms with Gasteiger partial charge in [-0.1, -0.05) is 51.1 Å². The van der Waals surface area contributed by atoms with Crippen molar-refractivity contribution >= 4 is 7.12 Å². The van der Waals surface area contributed by atoms with Crippen LogP contribution in [0.1, 0.15) is 26.3 Å². The quantitative estimate of drug-likeness (QED) is 0.745. The Kier molecular flexibility index (Phi) is 3.90. The van der Waals surface area contributed by atoms with Crippen LogP contribution in [0.25, 0.3) is 0 Å². The predicted octanol–water partition coefficient (Wildman–Crippen LogP) is 3.18. The van der Waals surface area contributed by atoms with Crippen LogP contribution in [0.2, 0.25) is 5.82 Å². The zero-order valence-electron chi connectivity index (χ0n) is 11.0. The van der Waals surface area contributed by atoms with Gasteiger partial charge in [-0.3, -0.25) is 0 Å². The fraction of sp³-hybridized carbons (Fsp3) is 0.571. The van der Waals surface area contributed by atoms with E-state index in [-0.39, 0.29) is 12.5 Å². The maximum atomic E-state index is 5.80. The summed E-state index contributed by atoms with van der Waals surface area (Å²) in [5.74, 6) is 0.397. The van der Waals surface area contributed by atoms with Gasteiger partial charge in [0.2, 0.25) is 0 Å². The molecule has 1 aromatic rings. The van der Waals surface area contributed by atoms with Gasteiger partial charge in [-0.15, -0.1) is 0 Å². The van der Waals surface area contributed by atoms with Gasteiger partial charge in [0.1, 0.15) is 0 Å². The molecule has 0 amide bonds. The Hall–Kier alpha value is -0.795. The molecule has 0 saturated carbocycles. The Morgan fingerprint density at radius 2 is 1.76 bits per heavy atom. The molecule has 0 aromatic heterocycles. The van der Waals surface area contributed by atoms with Gasteiger partial charge in [-0.2, -0.15) is 0 Å². The Morgan fingerprint density at radius 3 is 2.35 bits per heavy atom. The highest BCUT2D eigenvalue weighted by molar-refractivity contribution is 6.46. The van der Waals surface area contributed by atoms with E-state index in [0.717, 1.165) is 19.6 Å². The van der Waals surface area contributed by atoms with Crippen molar-refractivity contribution in [2.24, 2.45) is 5.41 Å². The van der Waals surface area contributed by atoms with Crippen molar-refractivity contribution in [3.8, 4) is 0 Å². The van der Waals surface area contributed by atoms with Crippen LogP contribution >= 0.6 is 0 Å². The van der Waals surface area contributed by atoms with E-state index in [9.17, 15) is 0 Å². The highest BCUT2D eigenvalue weighted by Gasteiger charge is 2.35. The molecule has 0 radical (unpaired) electrons. The van der Waals surface area contributed by atoms with Crippen LogP contribution in [0, 0.1) is 5.41 Å². The lowest BCUT2D eigenvalue weighted by Crippen LogP contribution is -2.42. The van der Waals surface area contributed by atoms with Gasteiger partial charge in [-0.05, 0) is 17.8 Å². The zero-order valence-corrected chi connectivity index (χ0v) is 11.0. The van der Waals surface area contributed by atoms with Crippen LogP contribution < -0.4 is 0 Å². The fourth-order valence-corrected chi connectivity index (χ4v) is 2.12. The van der Waals surface area contributed by atoms with Gasteiger partial charge in [0.25, 0.3) is 0 Å². The van der Waals surface area contributed by atoms with E-state index < -0.39 is 0 Å². The summed E-state index contributed by atoms with van der Waals surface area (Å²) in [6.07, 6.45) is 1.01. The lowest BCUT2D eigenvalue weighted by molar-refractivity contribution is 0.0246. The van der Waals surface area contributed by atoms with E-state index in [2.05, 4.69) is 45.0 Å². The topological polar surface area (TPSA) is 18.5 Å². The van der Waals surface area contributed by atoms with Crippen LogP contribution in [0.4, 0.5) is 0 Å². The van der Waals surface area contributed by atoms with Crippen LogP contribution in [0.15, 0.2) is 30.3 Å². The SMILES string of the molecule is CC(Cc1ccccc1)B1OCC(C)(C)CO1. The van der Waals surface area contributed by atoms with E-state index in [4.69, 9.17) is 9.31 Å². The molecular formula is C14H21BO2. The van der Waals surface area contributed by atoms with Crippen LogP contribution in [0.3, 0.4) is 0 Å². The minimum Gasteiger partial charge on any atom is -0.410 e. The van der Waals surface area contributed by atoms with Gasteiger partial charge in [-0.25, -0.2) is 0 Å². The van der Waals surface area contributed by atoms with E-state index in [1.807, 2.05) is 6.07 Å². The van der Waals surface area contributed by atoms with E-state index in [1.54, 1.807) is 0 Å². The smallest absolute Gasteiger partial charge is 0.410 e. The molecule has 0 bridgehead atoms. The molecule has 92 valence electrons. The third-order valence-corrected chi connectivity index (χ3v) is 3.14. The van der Waals surface area contributed by atoms with Crippen molar-refractivity contribution in [1.82, 2.24) is 0 Å². The van der Waals surface area contributed by atoms with Crippen molar-refractivity contribution in [2.45, 2.75) is 33.0 Å². The molecule has 1 aliphatic rings. The van der Waals surface area contributed by atoms with Gasteiger partial charge < -0.3 is 9.31 Å². The highest BCUT2D eigenvalue weighted by Crippen LogP contribution is 2.27. The molecular weight excluding hydrogens is 211 g/mol. The molecule has 17 heavy (non-hydrogen) atoms. The van der Waals surface area contributed by atoms with Crippen molar-refractivity contribution in [1.29, 1.82) is 0 Å². The Labute approximate surface area is 104 Å². The monoisotopic (exact) mass is 232 g/mol. The average Bonchev–Trinajstić information content (AvgIpc) is 2.30. The molecule has 1 aliphatic heterocycles. The normalized spacial score (nSPS) is 21.2. The predicted molar refractivity (Wildman–Crippen MR) is 71.0 cm³/mol. The summed E-state index contributed by atoms with van der Waals surface area (Å²) in [4.78, 5) is 0. The van der Waals surface area contributed by atoms with E-state index in [0.29, 0.717) is 5.82 Å². The second-order valence-corrected chi connectivity index (χ2v) is 5.82. The van der Waals surface area contributed by atoms with Crippen LogP contribution in [-0.4, -0.2) is 20.3 Å². The highest BCUT2D eigenvalue weighted by atomic mass is 16.6. The first-order valence-corrected chi connectivity index (χ1v) is 6.34. The largest absolute Gasteiger partial charge is 0.460 e. The summed E-state index contributed by atoms with van der Waals surface area (Å²) in [5.41, 5.74) is 1.50. The summed E-state index contributed by atoms with van der Waals surface area (Å²) in [6, 6.07) is 10.5. The fourth-order valence-electron chi connectivity index (χ4n) is 2.12. The Morgan fingerprint density at radius 1 is 1.18 bits per heavy atom. The lowest BCUT2D eigenvalue weighted by atomic mass is 9.68. The van der Waals surface area contributed by atoms with Gasteiger partial charge >= 0.3 is 7.12 Å². The maximum absolute atomic E-state index is 5.80. The molecule has 2 rings (SSSR count). The average molecular weight is 232 g/mol. The van der Waals surface area contributed by atoms with E-state index in [1.165, 1.54) is 5.56 Å². The zero-order chi connectivity index (χ0) is 12.3. The third kappa shape index (κ3) is 3.58. The maximum Gasteiger partial charge on any atom is 0.460 e. The van der Waals surface area contributed by atoms with Crippen LogP contribution in [0.5, 0.6) is 0 Å². The lowest BCUT2D eigenvalue weighted by Gasteiger charge is -2.35. The van der Waals surface area contributed by atoms with Gasteiger partial charge in [0.05, 0.1) is 0 Å². The Balaban J connectivity index is 1.87. The molecule has 1 atom stereocenters. The molecule has 2 nitrogen and oxygen atoms in total. The number of benzene rings is 1. The van der Waals surface area contributed by atoms with Crippen LogP contribution in [-0.2, 0) is 15.7 Å². The van der Waals surface area contributed by atoms with Gasteiger partial charge in [0.15, 0.2) is 0 Å². The molecule has 0 N–H and O–H groups in total. The summed E-state index contributed by atoms with van der Waals surface area (Å²) in [7, 11) is -0.0526. The van der Waals surface area contributed by atoms with Crippen molar-refractivity contribution in [3.05, 3.63) is 35.9 Å². The second-order valence-electron chi connectivity index (χ2n) is 5.82. The summed E-state index contributed by atoms with van der Waals surface area (Å²) in [5, 5.41) is 0. The molecule has 0 aliphatic carbocycles. The Bertz CT molecular complexity index is 340. The minimum absolute atomic E-state index is 0.0526. The molecule has 1 saturated heterocycles. The number of hydrogen-bond donors (Lipinski definition) is 0. The minimum atomic E-state index is -0.0526. The molecule has 1 fully saturated rings. The van der Waals surface area contributed by atoms with Gasteiger partial charge in [0, 0.05) is 18.6 Å². The molecule has 3 heteroatoms. The van der Waals surface area contributed by atoms with Crippen molar-refractivity contribution in [2.75, 3.05) is 13.2 Å². The van der Waals surface area contributed by atoms with Crippen molar-refractivity contribution in [3.63, 3.8) is 0 Å². The molecule has 0 spiro atoms. The molecule has 1 unspecified atom stereocenters. The summed E-state index contributed by atoms with van der Waals surface area (Å²) >= 11 is 0. The first-order chi connectivity index (χ1) is 8.07. The van der Waals surface area contributed by atoms with Crippen molar-refractivity contribution < 1.29 is 9.31 Å². The third-order valence-electron chi connectivity index (χ3n) is 3.14. The first-order valence-electron chi connectivity index (χ1n) is 6.34. The second kappa shape index (κ2) is 5.24. The summed E-state index contributed by atoms with van der Waals surface area (Å²) in [6.45, 7) is 8.11. The molecule has 1 heterocycles.